The largest absolute Gasteiger partial charge is 0.322 e. The number of hydrogen-bond donors (Lipinski definition) is 1. The molecular weight excluding hydrogens is 416 g/mol. The summed E-state index contributed by atoms with van der Waals surface area (Å²) in [4.78, 5) is 12.5. The zero-order chi connectivity index (χ0) is 18.7. The molecular formula is C19H21BrN2O3S. The van der Waals surface area contributed by atoms with Crippen molar-refractivity contribution < 1.29 is 13.2 Å². The number of benzene rings is 2. The minimum absolute atomic E-state index is 0.229. The molecule has 2 aromatic rings. The van der Waals surface area contributed by atoms with Crippen LogP contribution in [0.3, 0.4) is 0 Å². The van der Waals surface area contributed by atoms with Gasteiger partial charge < -0.3 is 5.32 Å². The first kappa shape index (κ1) is 19.1. The number of rotatable bonds is 4. The molecule has 1 amide bonds. The van der Waals surface area contributed by atoms with Gasteiger partial charge in [-0.05, 0) is 67.3 Å². The van der Waals surface area contributed by atoms with E-state index in [2.05, 4.69) is 28.2 Å². The van der Waals surface area contributed by atoms with E-state index in [9.17, 15) is 13.2 Å². The second-order valence-electron chi connectivity index (χ2n) is 6.57. The maximum absolute atomic E-state index is 12.7. The van der Waals surface area contributed by atoms with Crippen LogP contribution in [0.25, 0.3) is 0 Å². The monoisotopic (exact) mass is 436 g/mol. The Morgan fingerprint density at radius 1 is 1.04 bits per heavy atom. The molecule has 5 nitrogen and oxygen atoms in total. The number of sulfonamides is 1. The lowest BCUT2D eigenvalue weighted by atomic mass is 10.0. The molecule has 1 heterocycles. The van der Waals surface area contributed by atoms with Gasteiger partial charge in [0.2, 0.25) is 10.0 Å². The second-order valence-corrected chi connectivity index (χ2v) is 9.43. The van der Waals surface area contributed by atoms with Gasteiger partial charge in [-0.25, -0.2) is 8.42 Å². The van der Waals surface area contributed by atoms with Crippen LogP contribution in [-0.4, -0.2) is 31.7 Å². The lowest BCUT2D eigenvalue weighted by molar-refractivity contribution is 0.102. The molecule has 0 unspecified atom stereocenters. The Bertz CT molecular complexity index is 872. The highest BCUT2D eigenvalue weighted by Crippen LogP contribution is 2.24. The van der Waals surface area contributed by atoms with Gasteiger partial charge in [0.1, 0.15) is 0 Å². The van der Waals surface area contributed by atoms with Gasteiger partial charge in [-0.1, -0.05) is 22.9 Å². The summed E-state index contributed by atoms with van der Waals surface area (Å²) in [5, 5.41) is 2.79. The van der Waals surface area contributed by atoms with E-state index in [0.717, 1.165) is 17.3 Å². The van der Waals surface area contributed by atoms with E-state index in [4.69, 9.17) is 0 Å². The summed E-state index contributed by atoms with van der Waals surface area (Å²) < 4.78 is 27.9. The van der Waals surface area contributed by atoms with E-state index in [0.29, 0.717) is 30.3 Å². The summed E-state index contributed by atoms with van der Waals surface area (Å²) in [6.07, 6.45) is 1.76. The second kappa shape index (κ2) is 7.90. The highest BCUT2D eigenvalue weighted by molar-refractivity contribution is 9.10. The SMILES string of the molecule is CC1CCN(S(=O)(=O)c2ccc(C(=O)Nc3ccc(Br)cc3)cc2)CC1. The molecule has 0 aromatic heterocycles. The summed E-state index contributed by atoms with van der Waals surface area (Å²) in [5.41, 5.74) is 1.09. The van der Waals surface area contributed by atoms with Gasteiger partial charge in [0.15, 0.2) is 0 Å². The molecule has 0 spiro atoms. The van der Waals surface area contributed by atoms with Gasteiger partial charge in [0.05, 0.1) is 4.90 Å². The van der Waals surface area contributed by atoms with Crippen molar-refractivity contribution in [2.75, 3.05) is 18.4 Å². The number of halogens is 1. The van der Waals surface area contributed by atoms with Crippen LogP contribution in [0.5, 0.6) is 0 Å². The highest BCUT2D eigenvalue weighted by atomic mass is 79.9. The van der Waals surface area contributed by atoms with Gasteiger partial charge >= 0.3 is 0 Å². The Morgan fingerprint density at radius 3 is 2.19 bits per heavy atom. The van der Waals surface area contributed by atoms with Crippen LogP contribution in [0, 0.1) is 5.92 Å². The predicted octanol–water partition coefficient (Wildman–Crippen LogP) is 4.12. The van der Waals surface area contributed by atoms with Crippen molar-refractivity contribution in [2.24, 2.45) is 5.92 Å². The van der Waals surface area contributed by atoms with Crippen LogP contribution in [0.15, 0.2) is 57.9 Å². The number of hydrogen-bond acceptors (Lipinski definition) is 3. The summed E-state index contributed by atoms with van der Waals surface area (Å²) in [7, 11) is -3.50. The van der Waals surface area contributed by atoms with Gasteiger partial charge in [-0.2, -0.15) is 4.31 Å². The maximum atomic E-state index is 12.7. The third-order valence-corrected chi connectivity index (χ3v) is 7.04. The quantitative estimate of drug-likeness (QED) is 0.783. The number of carbonyl (C=O) groups is 1. The average molecular weight is 437 g/mol. The summed E-state index contributed by atoms with van der Waals surface area (Å²) in [6, 6.07) is 13.4. The van der Waals surface area contributed by atoms with Crippen molar-refractivity contribution in [3.63, 3.8) is 0 Å². The first-order chi connectivity index (χ1) is 12.4. The van der Waals surface area contributed by atoms with E-state index in [1.54, 1.807) is 24.3 Å². The summed E-state index contributed by atoms with van der Waals surface area (Å²) in [6.45, 7) is 3.24. The minimum atomic E-state index is -3.50. The Kier molecular flexibility index (Phi) is 5.79. The molecule has 7 heteroatoms. The molecule has 1 aliphatic heterocycles. The number of nitrogens with zero attached hydrogens (tertiary/aromatic N) is 1. The van der Waals surface area contributed by atoms with Crippen LogP contribution in [0.4, 0.5) is 5.69 Å². The Labute approximate surface area is 162 Å². The van der Waals surface area contributed by atoms with Crippen LogP contribution in [0.1, 0.15) is 30.1 Å². The van der Waals surface area contributed by atoms with Gasteiger partial charge in [-0.15, -0.1) is 0 Å². The molecule has 0 saturated carbocycles. The van der Waals surface area contributed by atoms with Crippen molar-refractivity contribution >= 4 is 37.5 Å². The Hall–Kier alpha value is -1.70. The van der Waals surface area contributed by atoms with E-state index < -0.39 is 10.0 Å². The van der Waals surface area contributed by atoms with Crippen LogP contribution < -0.4 is 5.32 Å². The standard InChI is InChI=1S/C19H21BrN2O3S/c1-14-10-12-22(13-11-14)26(24,25)18-8-2-15(3-9-18)19(23)21-17-6-4-16(20)5-7-17/h2-9,14H,10-13H2,1H3,(H,21,23). The van der Waals surface area contributed by atoms with Crippen LogP contribution >= 0.6 is 15.9 Å². The van der Waals surface area contributed by atoms with E-state index in [1.807, 2.05) is 12.1 Å². The predicted molar refractivity (Wildman–Crippen MR) is 106 cm³/mol. The first-order valence-corrected chi connectivity index (χ1v) is 10.8. The van der Waals surface area contributed by atoms with Crippen LogP contribution in [0.2, 0.25) is 0 Å². The fraction of sp³-hybridized carbons (Fsp3) is 0.316. The number of piperidine rings is 1. The fourth-order valence-corrected chi connectivity index (χ4v) is 4.62. The molecule has 0 atom stereocenters. The van der Waals surface area contributed by atoms with Gasteiger partial charge in [-0.3, -0.25) is 4.79 Å². The molecule has 1 fully saturated rings. The number of nitrogens with one attached hydrogen (secondary N) is 1. The van der Waals surface area contributed by atoms with Crippen molar-refractivity contribution in [1.82, 2.24) is 4.31 Å². The molecule has 1 saturated heterocycles. The number of amides is 1. The smallest absolute Gasteiger partial charge is 0.255 e. The van der Waals surface area contributed by atoms with Crippen molar-refractivity contribution in [3.8, 4) is 0 Å². The lowest BCUT2D eigenvalue weighted by Gasteiger charge is -2.29. The lowest BCUT2D eigenvalue weighted by Crippen LogP contribution is -2.37. The summed E-state index contributed by atoms with van der Waals surface area (Å²) in [5.74, 6) is 0.286. The Morgan fingerprint density at radius 2 is 1.62 bits per heavy atom. The van der Waals surface area contributed by atoms with Crippen LogP contribution in [-0.2, 0) is 10.0 Å². The third kappa shape index (κ3) is 4.34. The molecule has 2 aromatic carbocycles. The number of anilines is 1. The average Bonchev–Trinajstić information content (AvgIpc) is 2.64. The molecule has 0 aliphatic carbocycles. The normalized spacial score (nSPS) is 16.4. The first-order valence-electron chi connectivity index (χ1n) is 8.53. The maximum Gasteiger partial charge on any atom is 0.255 e. The Balaban J connectivity index is 1.71. The van der Waals surface area contributed by atoms with Gasteiger partial charge in [0, 0.05) is 28.8 Å². The van der Waals surface area contributed by atoms with Crippen molar-refractivity contribution in [1.29, 1.82) is 0 Å². The van der Waals surface area contributed by atoms with Crippen molar-refractivity contribution in [3.05, 3.63) is 58.6 Å². The highest BCUT2D eigenvalue weighted by Gasteiger charge is 2.28. The van der Waals surface area contributed by atoms with E-state index >= 15 is 0 Å². The van der Waals surface area contributed by atoms with E-state index in [-0.39, 0.29) is 10.8 Å². The molecule has 1 aliphatic rings. The molecule has 1 N–H and O–H groups in total. The third-order valence-electron chi connectivity index (χ3n) is 4.60. The topological polar surface area (TPSA) is 66.5 Å². The zero-order valence-corrected chi connectivity index (χ0v) is 16.9. The molecule has 138 valence electrons. The summed E-state index contributed by atoms with van der Waals surface area (Å²) >= 11 is 3.35. The van der Waals surface area contributed by atoms with Gasteiger partial charge in [0.25, 0.3) is 5.91 Å². The zero-order valence-electron chi connectivity index (χ0n) is 14.5. The van der Waals surface area contributed by atoms with E-state index in [1.165, 1.54) is 16.4 Å². The molecule has 3 rings (SSSR count). The van der Waals surface area contributed by atoms with Crippen molar-refractivity contribution in [2.45, 2.75) is 24.7 Å². The fourth-order valence-electron chi connectivity index (χ4n) is 2.89. The number of carbonyl (C=O) groups excluding carboxylic acids is 1. The minimum Gasteiger partial charge on any atom is -0.322 e. The molecule has 26 heavy (non-hydrogen) atoms. The molecule has 0 radical (unpaired) electrons. The molecule has 0 bridgehead atoms.